The zero-order valence-electron chi connectivity index (χ0n) is 9.79. The van der Waals surface area contributed by atoms with Crippen molar-refractivity contribution in [3.63, 3.8) is 0 Å². The molecule has 1 aromatic rings. The van der Waals surface area contributed by atoms with E-state index in [9.17, 15) is 0 Å². The molecule has 0 spiro atoms. The van der Waals surface area contributed by atoms with Gasteiger partial charge in [0, 0.05) is 23.0 Å². The smallest absolute Gasteiger partial charge is 0.0513 e. The fourth-order valence-corrected chi connectivity index (χ4v) is 3.06. The molecule has 16 heavy (non-hydrogen) atoms. The maximum absolute atomic E-state index is 5.47. The van der Waals surface area contributed by atoms with Gasteiger partial charge in [-0.3, -0.25) is 0 Å². The van der Waals surface area contributed by atoms with Gasteiger partial charge in [0.25, 0.3) is 0 Å². The van der Waals surface area contributed by atoms with Crippen LogP contribution in [0.5, 0.6) is 0 Å². The first-order valence-electron chi connectivity index (χ1n) is 5.73. The van der Waals surface area contributed by atoms with Crippen LogP contribution in [0.3, 0.4) is 0 Å². The lowest BCUT2D eigenvalue weighted by molar-refractivity contribution is 0.178. The molecular weight excluding hydrogens is 266 g/mol. The zero-order chi connectivity index (χ0) is 11.5. The van der Waals surface area contributed by atoms with Crippen molar-refractivity contribution in [1.82, 2.24) is 5.32 Å². The lowest BCUT2D eigenvalue weighted by atomic mass is 9.92. The van der Waals surface area contributed by atoms with Crippen LogP contribution in [0.1, 0.15) is 23.6 Å². The second kappa shape index (κ2) is 5.30. The summed E-state index contributed by atoms with van der Waals surface area (Å²) in [5.74, 6) is 0.596. The van der Waals surface area contributed by atoms with Crippen molar-refractivity contribution in [2.75, 3.05) is 20.3 Å². The molecule has 2 atom stereocenters. The van der Waals surface area contributed by atoms with Crippen molar-refractivity contribution in [3.05, 3.63) is 33.8 Å². The van der Waals surface area contributed by atoms with Gasteiger partial charge in [0.2, 0.25) is 0 Å². The van der Waals surface area contributed by atoms with Gasteiger partial charge in [-0.25, -0.2) is 0 Å². The van der Waals surface area contributed by atoms with E-state index in [1.165, 1.54) is 11.1 Å². The second-order valence-electron chi connectivity index (χ2n) is 4.45. The normalized spacial score (nSPS) is 22.3. The van der Waals surface area contributed by atoms with Crippen LogP contribution in [0.4, 0.5) is 0 Å². The molecule has 0 aromatic heterocycles. The summed E-state index contributed by atoms with van der Waals surface area (Å²) in [5.41, 5.74) is 2.65. The lowest BCUT2D eigenvalue weighted by Gasteiger charge is -2.23. The molecule has 1 N–H and O–H groups in total. The van der Waals surface area contributed by atoms with Crippen molar-refractivity contribution in [2.24, 2.45) is 5.92 Å². The highest BCUT2D eigenvalue weighted by atomic mass is 79.9. The lowest BCUT2D eigenvalue weighted by Crippen LogP contribution is -2.25. The van der Waals surface area contributed by atoms with Crippen LogP contribution in [0, 0.1) is 12.8 Å². The maximum Gasteiger partial charge on any atom is 0.0513 e. The van der Waals surface area contributed by atoms with Crippen molar-refractivity contribution in [2.45, 2.75) is 19.4 Å². The van der Waals surface area contributed by atoms with Crippen LogP contribution in [0.25, 0.3) is 0 Å². The third-order valence-electron chi connectivity index (χ3n) is 3.17. The molecule has 88 valence electrons. The Labute approximate surface area is 106 Å². The molecule has 1 aliphatic rings. The first-order chi connectivity index (χ1) is 7.70. The minimum absolute atomic E-state index is 0.402. The Kier molecular flexibility index (Phi) is 4.00. The molecule has 1 fully saturated rings. The number of aryl methyl sites for hydroxylation is 1. The quantitative estimate of drug-likeness (QED) is 0.921. The standard InChI is InChI=1S/C13H18BrNO/c1-9-5-11(7-12(14)6-9)13(15-2)10-3-4-16-8-10/h5-7,10,13,15H,3-4,8H2,1-2H3. The van der Waals surface area contributed by atoms with Gasteiger partial charge in [-0.15, -0.1) is 0 Å². The van der Waals surface area contributed by atoms with Crippen molar-refractivity contribution in [1.29, 1.82) is 0 Å². The van der Waals surface area contributed by atoms with E-state index in [1.807, 2.05) is 7.05 Å². The summed E-state index contributed by atoms with van der Waals surface area (Å²) >= 11 is 3.56. The molecule has 0 bridgehead atoms. The summed E-state index contributed by atoms with van der Waals surface area (Å²) in [4.78, 5) is 0. The van der Waals surface area contributed by atoms with Gasteiger partial charge in [0.05, 0.1) is 6.61 Å². The minimum atomic E-state index is 0.402. The number of hydrogen-bond acceptors (Lipinski definition) is 2. The number of nitrogens with one attached hydrogen (secondary N) is 1. The van der Waals surface area contributed by atoms with E-state index in [0.717, 1.165) is 24.1 Å². The molecule has 2 rings (SSSR count). The molecule has 1 aromatic carbocycles. The van der Waals surface area contributed by atoms with Gasteiger partial charge in [-0.05, 0) is 43.7 Å². The van der Waals surface area contributed by atoms with E-state index < -0.39 is 0 Å². The Balaban J connectivity index is 2.24. The SMILES string of the molecule is CNC(c1cc(C)cc(Br)c1)C1CCOC1. The third kappa shape index (κ3) is 2.65. The van der Waals surface area contributed by atoms with Crippen LogP contribution in [0.15, 0.2) is 22.7 Å². The second-order valence-corrected chi connectivity index (χ2v) is 5.37. The highest BCUT2D eigenvalue weighted by Crippen LogP contribution is 2.30. The van der Waals surface area contributed by atoms with E-state index >= 15 is 0 Å². The molecule has 0 radical (unpaired) electrons. The van der Waals surface area contributed by atoms with Gasteiger partial charge < -0.3 is 10.1 Å². The first kappa shape index (κ1) is 12.1. The monoisotopic (exact) mass is 283 g/mol. The highest BCUT2D eigenvalue weighted by molar-refractivity contribution is 9.10. The Morgan fingerprint density at radius 1 is 1.44 bits per heavy atom. The van der Waals surface area contributed by atoms with E-state index in [0.29, 0.717) is 12.0 Å². The molecule has 0 amide bonds. The van der Waals surface area contributed by atoms with Crippen LogP contribution in [0.2, 0.25) is 0 Å². The Bertz CT molecular complexity index is 341. The fraction of sp³-hybridized carbons (Fsp3) is 0.538. The van der Waals surface area contributed by atoms with E-state index in [-0.39, 0.29) is 0 Å². The van der Waals surface area contributed by atoms with Crippen LogP contribution < -0.4 is 5.32 Å². The number of hydrogen-bond donors (Lipinski definition) is 1. The zero-order valence-corrected chi connectivity index (χ0v) is 11.4. The fourth-order valence-electron chi connectivity index (χ4n) is 2.43. The van der Waals surface area contributed by atoms with Crippen LogP contribution in [-0.2, 0) is 4.74 Å². The molecule has 2 nitrogen and oxygen atoms in total. The molecule has 2 unspecified atom stereocenters. The van der Waals surface area contributed by atoms with Gasteiger partial charge >= 0.3 is 0 Å². The first-order valence-corrected chi connectivity index (χ1v) is 6.52. The molecule has 0 saturated carbocycles. The van der Waals surface area contributed by atoms with Crippen molar-refractivity contribution in [3.8, 4) is 0 Å². The predicted molar refractivity (Wildman–Crippen MR) is 69.6 cm³/mol. The largest absolute Gasteiger partial charge is 0.381 e. The summed E-state index contributed by atoms with van der Waals surface area (Å²) < 4.78 is 6.62. The Morgan fingerprint density at radius 2 is 2.25 bits per heavy atom. The van der Waals surface area contributed by atoms with E-state index in [1.54, 1.807) is 0 Å². The number of rotatable bonds is 3. The Morgan fingerprint density at radius 3 is 2.81 bits per heavy atom. The van der Waals surface area contributed by atoms with E-state index in [2.05, 4.69) is 46.4 Å². The van der Waals surface area contributed by atoms with Crippen molar-refractivity contribution >= 4 is 15.9 Å². The number of halogens is 1. The van der Waals surface area contributed by atoms with Gasteiger partial charge in [0.15, 0.2) is 0 Å². The van der Waals surface area contributed by atoms with Gasteiger partial charge in [0.1, 0.15) is 0 Å². The molecule has 1 heterocycles. The van der Waals surface area contributed by atoms with Gasteiger partial charge in [-0.1, -0.05) is 22.0 Å². The summed E-state index contributed by atoms with van der Waals surface area (Å²) in [6, 6.07) is 7.00. The van der Waals surface area contributed by atoms with Crippen LogP contribution in [-0.4, -0.2) is 20.3 Å². The molecule has 1 saturated heterocycles. The molecule has 3 heteroatoms. The average molecular weight is 284 g/mol. The topological polar surface area (TPSA) is 21.3 Å². The maximum atomic E-state index is 5.47. The van der Waals surface area contributed by atoms with Crippen LogP contribution >= 0.6 is 15.9 Å². The Hall–Kier alpha value is -0.380. The summed E-state index contributed by atoms with van der Waals surface area (Å²) in [7, 11) is 2.03. The highest BCUT2D eigenvalue weighted by Gasteiger charge is 2.25. The summed E-state index contributed by atoms with van der Waals surface area (Å²) in [5, 5.41) is 3.41. The predicted octanol–water partition coefficient (Wildman–Crippen LogP) is 3.05. The minimum Gasteiger partial charge on any atom is -0.381 e. The molecule has 1 aliphatic heterocycles. The summed E-state index contributed by atoms with van der Waals surface area (Å²) in [6.07, 6.45) is 1.15. The number of ether oxygens (including phenoxy) is 1. The summed E-state index contributed by atoms with van der Waals surface area (Å²) in [6.45, 7) is 3.90. The molecule has 0 aliphatic carbocycles. The number of benzene rings is 1. The van der Waals surface area contributed by atoms with Gasteiger partial charge in [-0.2, -0.15) is 0 Å². The average Bonchev–Trinajstić information content (AvgIpc) is 2.70. The third-order valence-corrected chi connectivity index (χ3v) is 3.63. The van der Waals surface area contributed by atoms with Crippen molar-refractivity contribution < 1.29 is 4.74 Å². The van der Waals surface area contributed by atoms with E-state index in [4.69, 9.17) is 4.74 Å². The molecular formula is C13H18BrNO.